The molecule has 2 heterocycles. The van der Waals surface area contributed by atoms with Crippen LogP contribution in [0.5, 0.6) is 0 Å². The van der Waals surface area contributed by atoms with Gasteiger partial charge in [0.05, 0.1) is 27.7 Å². The lowest BCUT2D eigenvalue weighted by molar-refractivity contribution is 1.19. The van der Waals surface area contributed by atoms with E-state index in [0.29, 0.717) is 5.69 Å². The molecule has 2 aromatic heterocycles. The van der Waals surface area contributed by atoms with Crippen LogP contribution in [0.25, 0.3) is 0 Å². The molecule has 0 aliphatic heterocycles. The minimum absolute atomic E-state index is 0.625. The lowest BCUT2D eigenvalue weighted by Gasteiger charge is -2.09. The van der Waals surface area contributed by atoms with E-state index >= 15 is 0 Å². The van der Waals surface area contributed by atoms with Gasteiger partial charge in [-0.05, 0) is 41.1 Å². The molecule has 0 unspecified atom stereocenters. The van der Waals surface area contributed by atoms with Crippen LogP contribution in [0, 0.1) is 6.92 Å². The molecule has 0 fully saturated rings. The number of aryl methyl sites for hydroxylation is 1. The van der Waals surface area contributed by atoms with Crippen LogP contribution >= 0.6 is 15.9 Å². The summed E-state index contributed by atoms with van der Waals surface area (Å²) >= 11 is 3.40. The summed E-state index contributed by atoms with van der Waals surface area (Å²) < 4.78 is 0.829. The number of halogens is 1. The number of pyridine rings is 2. The molecule has 0 spiro atoms. The summed E-state index contributed by atoms with van der Waals surface area (Å²) in [6.07, 6.45) is 3.37. The number of aromatic nitrogens is 2. The molecule has 16 heavy (non-hydrogen) atoms. The van der Waals surface area contributed by atoms with Gasteiger partial charge in [-0.3, -0.25) is 4.98 Å². The first-order chi connectivity index (χ1) is 7.66. The Morgan fingerprint density at radius 2 is 2.19 bits per heavy atom. The van der Waals surface area contributed by atoms with Crippen molar-refractivity contribution >= 4 is 33.1 Å². The molecular formula is C11H11BrN4. The molecule has 2 aromatic rings. The largest absolute Gasteiger partial charge is 0.397 e. The molecule has 0 bridgehead atoms. The topological polar surface area (TPSA) is 63.8 Å². The summed E-state index contributed by atoms with van der Waals surface area (Å²) in [6, 6.07) is 5.63. The fourth-order valence-electron chi connectivity index (χ4n) is 1.29. The van der Waals surface area contributed by atoms with Gasteiger partial charge in [-0.15, -0.1) is 0 Å². The predicted molar refractivity (Wildman–Crippen MR) is 68.6 cm³/mol. The first-order valence-electron chi connectivity index (χ1n) is 4.76. The van der Waals surface area contributed by atoms with Gasteiger partial charge in [0.15, 0.2) is 0 Å². The van der Waals surface area contributed by atoms with Gasteiger partial charge in [-0.2, -0.15) is 0 Å². The number of rotatable bonds is 2. The smallest absolute Gasteiger partial charge is 0.144 e. The highest BCUT2D eigenvalue weighted by molar-refractivity contribution is 9.10. The Kier molecular flexibility index (Phi) is 3.05. The summed E-state index contributed by atoms with van der Waals surface area (Å²) in [5.41, 5.74) is 8.10. The number of nitrogens with one attached hydrogen (secondary N) is 1. The maximum absolute atomic E-state index is 5.62. The number of nitrogen functional groups attached to an aromatic ring is 1. The average Bonchev–Trinajstić information content (AvgIpc) is 2.25. The van der Waals surface area contributed by atoms with Gasteiger partial charge >= 0.3 is 0 Å². The highest BCUT2D eigenvalue weighted by atomic mass is 79.9. The molecule has 0 amide bonds. The number of nitrogens with two attached hydrogens (primary N) is 1. The van der Waals surface area contributed by atoms with Gasteiger partial charge < -0.3 is 11.1 Å². The van der Waals surface area contributed by atoms with E-state index in [0.717, 1.165) is 21.7 Å². The van der Waals surface area contributed by atoms with Crippen LogP contribution in [0.4, 0.5) is 17.2 Å². The van der Waals surface area contributed by atoms with E-state index in [1.807, 2.05) is 19.1 Å². The van der Waals surface area contributed by atoms with Crippen molar-refractivity contribution in [3.63, 3.8) is 0 Å². The van der Waals surface area contributed by atoms with Gasteiger partial charge in [0.1, 0.15) is 5.82 Å². The van der Waals surface area contributed by atoms with Crippen LogP contribution in [0.1, 0.15) is 5.69 Å². The number of anilines is 3. The SMILES string of the molecule is Cc1ncccc1Nc1ncc(N)cc1Br. The Labute approximate surface area is 102 Å². The van der Waals surface area contributed by atoms with Crippen molar-refractivity contribution in [3.05, 3.63) is 40.8 Å². The molecule has 4 nitrogen and oxygen atoms in total. The van der Waals surface area contributed by atoms with Crippen LogP contribution in [0.2, 0.25) is 0 Å². The number of nitrogens with zero attached hydrogens (tertiary/aromatic N) is 2. The quantitative estimate of drug-likeness (QED) is 0.887. The molecule has 0 radical (unpaired) electrons. The molecule has 3 N–H and O–H groups in total. The van der Waals surface area contributed by atoms with Crippen molar-refractivity contribution < 1.29 is 0 Å². The number of hydrogen-bond acceptors (Lipinski definition) is 4. The van der Waals surface area contributed by atoms with Gasteiger partial charge in [0, 0.05) is 6.20 Å². The van der Waals surface area contributed by atoms with Crippen molar-refractivity contribution in [3.8, 4) is 0 Å². The first-order valence-corrected chi connectivity index (χ1v) is 5.56. The van der Waals surface area contributed by atoms with Crippen LogP contribution in [0.15, 0.2) is 35.1 Å². The Morgan fingerprint density at radius 3 is 2.88 bits per heavy atom. The number of hydrogen-bond donors (Lipinski definition) is 2. The van der Waals surface area contributed by atoms with Crippen molar-refractivity contribution in [2.45, 2.75) is 6.92 Å². The lowest BCUT2D eigenvalue weighted by atomic mass is 10.3. The molecule has 0 saturated heterocycles. The molecule has 2 rings (SSSR count). The normalized spacial score (nSPS) is 10.1. The standard InChI is InChI=1S/C11H11BrN4/c1-7-10(3-2-4-14-7)16-11-9(12)5-8(13)6-15-11/h2-6H,13H2,1H3,(H,15,16). The first kappa shape index (κ1) is 10.9. The second-order valence-corrected chi connectivity index (χ2v) is 4.21. The highest BCUT2D eigenvalue weighted by Gasteiger charge is 2.04. The summed E-state index contributed by atoms with van der Waals surface area (Å²) in [4.78, 5) is 8.40. The molecule has 0 aliphatic rings. The third-order valence-corrected chi connectivity index (χ3v) is 2.73. The van der Waals surface area contributed by atoms with Gasteiger partial charge in [0.2, 0.25) is 0 Å². The third kappa shape index (κ3) is 2.30. The van der Waals surface area contributed by atoms with Gasteiger partial charge in [-0.1, -0.05) is 0 Å². The van der Waals surface area contributed by atoms with Crippen LogP contribution in [-0.2, 0) is 0 Å². The fraction of sp³-hybridized carbons (Fsp3) is 0.0909. The molecule has 5 heteroatoms. The molecule has 0 saturated carbocycles. The van der Waals surface area contributed by atoms with E-state index in [9.17, 15) is 0 Å². The molecule has 0 aromatic carbocycles. The van der Waals surface area contributed by atoms with Crippen molar-refractivity contribution in [1.29, 1.82) is 0 Å². The van der Waals surface area contributed by atoms with Crippen LogP contribution < -0.4 is 11.1 Å². The Morgan fingerprint density at radius 1 is 1.38 bits per heavy atom. The Bertz CT molecular complexity index is 513. The summed E-state index contributed by atoms with van der Waals surface area (Å²) in [5.74, 6) is 0.727. The lowest BCUT2D eigenvalue weighted by Crippen LogP contribution is -1.98. The minimum atomic E-state index is 0.625. The minimum Gasteiger partial charge on any atom is -0.397 e. The Hall–Kier alpha value is -1.62. The van der Waals surface area contributed by atoms with Crippen molar-refractivity contribution in [2.24, 2.45) is 0 Å². The average molecular weight is 279 g/mol. The third-order valence-electron chi connectivity index (χ3n) is 2.12. The summed E-state index contributed by atoms with van der Waals surface area (Å²) in [5, 5.41) is 3.19. The molecular weight excluding hydrogens is 268 g/mol. The molecule has 0 atom stereocenters. The van der Waals surface area contributed by atoms with E-state index in [4.69, 9.17) is 5.73 Å². The van der Waals surface area contributed by atoms with Crippen molar-refractivity contribution in [2.75, 3.05) is 11.1 Å². The zero-order valence-electron chi connectivity index (χ0n) is 8.74. The van der Waals surface area contributed by atoms with Crippen LogP contribution in [0.3, 0.4) is 0 Å². The molecule has 82 valence electrons. The van der Waals surface area contributed by atoms with E-state index in [1.165, 1.54) is 0 Å². The maximum atomic E-state index is 5.62. The van der Waals surface area contributed by atoms with E-state index in [2.05, 4.69) is 31.2 Å². The van der Waals surface area contributed by atoms with E-state index in [-0.39, 0.29) is 0 Å². The zero-order valence-corrected chi connectivity index (χ0v) is 10.3. The van der Waals surface area contributed by atoms with Gasteiger partial charge in [-0.25, -0.2) is 4.98 Å². The summed E-state index contributed by atoms with van der Waals surface area (Å²) in [7, 11) is 0. The highest BCUT2D eigenvalue weighted by Crippen LogP contribution is 2.25. The van der Waals surface area contributed by atoms with Gasteiger partial charge in [0.25, 0.3) is 0 Å². The monoisotopic (exact) mass is 278 g/mol. The van der Waals surface area contributed by atoms with Crippen molar-refractivity contribution in [1.82, 2.24) is 9.97 Å². The molecule has 0 aliphatic carbocycles. The fourth-order valence-corrected chi connectivity index (χ4v) is 1.75. The van der Waals surface area contributed by atoms with E-state index < -0.39 is 0 Å². The maximum Gasteiger partial charge on any atom is 0.144 e. The second kappa shape index (κ2) is 4.49. The van der Waals surface area contributed by atoms with Crippen LogP contribution in [-0.4, -0.2) is 9.97 Å². The summed E-state index contributed by atoms with van der Waals surface area (Å²) in [6.45, 7) is 1.94. The predicted octanol–water partition coefficient (Wildman–Crippen LogP) is 2.87. The Balaban J connectivity index is 2.31. The second-order valence-electron chi connectivity index (χ2n) is 3.36. The zero-order chi connectivity index (χ0) is 11.5. The van der Waals surface area contributed by atoms with E-state index in [1.54, 1.807) is 18.5 Å².